The van der Waals surface area contributed by atoms with E-state index in [1.54, 1.807) is 0 Å². The lowest BCUT2D eigenvalue weighted by Gasteiger charge is -2.20. The molecule has 1 aliphatic heterocycles. The fourth-order valence-corrected chi connectivity index (χ4v) is 5.46. The summed E-state index contributed by atoms with van der Waals surface area (Å²) in [5.41, 5.74) is 13.1. The highest BCUT2D eigenvalue weighted by Gasteiger charge is 2.28. The van der Waals surface area contributed by atoms with Crippen molar-refractivity contribution in [2.75, 3.05) is 0 Å². The fraction of sp³-hybridized carbons (Fsp3) is 0.219. The highest BCUT2D eigenvalue weighted by molar-refractivity contribution is 5.81. The molecule has 0 bridgehead atoms. The van der Waals surface area contributed by atoms with Crippen molar-refractivity contribution in [1.29, 1.82) is 0 Å². The highest BCUT2D eigenvalue weighted by atomic mass is 16.4. The molecule has 5 rings (SSSR count). The maximum absolute atomic E-state index is 11.8. The quantitative estimate of drug-likeness (QED) is 0.333. The fourth-order valence-electron chi connectivity index (χ4n) is 5.46. The highest BCUT2D eigenvalue weighted by Crippen LogP contribution is 2.40. The summed E-state index contributed by atoms with van der Waals surface area (Å²) in [5.74, 6) is -0.784. The van der Waals surface area contributed by atoms with Crippen LogP contribution in [0.15, 0.2) is 78.9 Å². The van der Waals surface area contributed by atoms with E-state index in [2.05, 4.69) is 98.5 Å². The van der Waals surface area contributed by atoms with Crippen LogP contribution < -0.4 is 0 Å². The van der Waals surface area contributed by atoms with Crippen molar-refractivity contribution >= 4 is 5.97 Å². The molecular weight excluding hydrogens is 430 g/mol. The largest absolute Gasteiger partial charge is 0.481 e. The molecule has 1 heterocycles. The third kappa shape index (κ3) is 4.65. The van der Waals surface area contributed by atoms with Crippen LogP contribution in [0.1, 0.15) is 38.9 Å². The first-order valence-electron chi connectivity index (χ1n) is 12.2. The molecule has 0 amide bonds. The van der Waals surface area contributed by atoms with Crippen LogP contribution in [0.3, 0.4) is 0 Å². The number of nitrogens with zero attached hydrogens (tertiary/aromatic N) is 1. The molecule has 0 saturated heterocycles. The van der Waals surface area contributed by atoms with Gasteiger partial charge < -0.3 is 5.11 Å². The first-order valence-corrected chi connectivity index (χ1v) is 12.2. The maximum atomic E-state index is 11.8. The number of carbonyl (C=O) groups is 1. The minimum Gasteiger partial charge on any atom is -0.481 e. The summed E-state index contributed by atoms with van der Waals surface area (Å²) in [4.78, 5) is 14.3. The molecule has 1 N–H and O–H groups in total. The van der Waals surface area contributed by atoms with E-state index in [1.165, 1.54) is 38.9 Å². The maximum Gasteiger partial charge on any atom is 0.307 e. The normalized spacial score (nSPS) is 13.1. The SMILES string of the molecule is Cc1ccc(-c2c(C)c3c(c(C)c2CC(=O)O)CN(Cc2cccc(-c4ccccc4)c2)C3)cc1. The van der Waals surface area contributed by atoms with Gasteiger partial charge in [0.15, 0.2) is 0 Å². The third-order valence-corrected chi connectivity index (χ3v) is 7.27. The van der Waals surface area contributed by atoms with Gasteiger partial charge in [0.25, 0.3) is 0 Å². The van der Waals surface area contributed by atoms with Gasteiger partial charge in [-0.05, 0) is 82.5 Å². The Balaban J connectivity index is 1.49. The van der Waals surface area contributed by atoms with Crippen LogP contribution >= 0.6 is 0 Å². The number of aryl methyl sites for hydroxylation is 1. The van der Waals surface area contributed by atoms with Crippen molar-refractivity contribution in [3.8, 4) is 22.3 Å². The Bertz CT molecular complexity index is 1390. The summed E-state index contributed by atoms with van der Waals surface area (Å²) < 4.78 is 0. The number of fused-ring (bicyclic) bond motifs is 1. The summed E-state index contributed by atoms with van der Waals surface area (Å²) in [7, 11) is 0. The van der Waals surface area contributed by atoms with E-state index in [0.29, 0.717) is 0 Å². The molecule has 0 spiro atoms. The van der Waals surface area contributed by atoms with Crippen LogP contribution in [-0.2, 0) is 30.8 Å². The van der Waals surface area contributed by atoms with E-state index in [1.807, 2.05) is 6.07 Å². The summed E-state index contributed by atoms with van der Waals surface area (Å²) >= 11 is 0. The smallest absolute Gasteiger partial charge is 0.307 e. The Morgan fingerprint density at radius 1 is 0.771 bits per heavy atom. The van der Waals surface area contributed by atoms with Gasteiger partial charge in [-0.3, -0.25) is 9.69 Å². The van der Waals surface area contributed by atoms with Crippen molar-refractivity contribution in [2.24, 2.45) is 0 Å². The number of carboxylic acids is 1. The molecule has 3 nitrogen and oxygen atoms in total. The minimum absolute atomic E-state index is 0.0439. The second-order valence-corrected chi connectivity index (χ2v) is 9.71. The van der Waals surface area contributed by atoms with Crippen molar-refractivity contribution < 1.29 is 9.90 Å². The molecule has 0 radical (unpaired) electrons. The van der Waals surface area contributed by atoms with Crippen LogP contribution in [0, 0.1) is 20.8 Å². The monoisotopic (exact) mass is 461 g/mol. The van der Waals surface area contributed by atoms with Gasteiger partial charge in [-0.15, -0.1) is 0 Å². The topological polar surface area (TPSA) is 40.5 Å². The molecule has 4 aromatic rings. The summed E-state index contributed by atoms with van der Waals surface area (Å²) in [6.45, 7) is 8.93. The van der Waals surface area contributed by atoms with E-state index in [-0.39, 0.29) is 6.42 Å². The summed E-state index contributed by atoms with van der Waals surface area (Å²) in [6.07, 6.45) is 0.0439. The Morgan fingerprint density at radius 2 is 1.43 bits per heavy atom. The lowest BCUT2D eigenvalue weighted by atomic mass is 9.84. The first kappa shape index (κ1) is 23.1. The standard InChI is InChI=1S/C32H31NO2/c1-21-12-14-26(15-13-21)32-23(3)30-20-33(19-29(30)22(2)28(32)17-31(34)35)18-24-8-7-11-27(16-24)25-9-5-4-6-10-25/h4-16H,17-20H2,1-3H3,(H,34,35). The zero-order valence-corrected chi connectivity index (χ0v) is 20.6. The molecule has 0 atom stereocenters. The van der Waals surface area contributed by atoms with Crippen LogP contribution in [0.5, 0.6) is 0 Å². The first-order chi connectivity index (χ1) is 16.9. The molecule has 0 aliphatic carbocycles. The average molecular weight is 462 g/mol. The zero-order chi connectivity index (χ0) is 24.5. The number of hydrogen-bond acceptors (Lipinski definition) is 2. The Morgan fingerprint density at radius 3 is 2.11 bits per heavy atom. The van der Waals surface area contributed by atoms with Gasteiger partial charge in [0.1, 0.15) is 0 Å². The van der Waals surface area contributed by atoms with E-state index < -0.39 is 5.97 Å². The Labute approximate surface area is 207 Å². The molecule has 0 fully saturated rings. The van der Waals surface area contributed by atoms with Gasteiger partial charge in [-0.2, -0.15) is 0 Å². The predicted octanol–water partition coefficient (Wildman–Crippen LogP) is 7.09. The summed E-state index contributed by atoms with van der Waals surface area (Å²) in [6, 6.07) is 27.7. The second kappa shape index (κ2) is 9.52. The van der Waals surface area contributed by atoms with Gasteiger partial charge in [-0.1, -0.05) is 78.4 Å². The predicted molar refractivity (Wildman–Crippen MR) is 142 cm³/mol. The number of hydrogen-bond donors (Lipinski definition) is 1. The molecule has 35 heavy (non-hydrogen) atoms. The molecule has 0 aromatic heterocycles. The van der Waals surface area contributed by atoms with Crippen LogP contribution in [0.4, 0.5) is 0 Å². The van der Waals surface area contributed by atoms with Gasteiger partial charge >= 0.3 is 5.97 Å². The third-order valence-electron chi connectivity index (χ3n) is 7.27. The lowest BCUT2D eigenvalue weighted by molar-refractivity contribution is -0.136. The molecule has 0 saturated carbocycles. The van der Waals surface area contributed by atoms with Gasteiger partial charge in [0, 0.05) is 19.6 Å². The van der Waals surface area contributed by atoms with Gasteiger partial charge in [0.2, 0.25) is 0 Å². The Kier molecular flexibility index (Phi) is 6.27. The van der Waals surface area contributed by atoms with Gasteiger partial charge in [0.05, 0.1) is 6.42 Å². The molecule has 0 unspecified atom stereocenters. The number of benzene rings is 4. The molecule has 176 valence electrons. The molecule has 3 heteroatoms. The number of aliphatic carboxylic acids is 1. The molecular formula is C32H31NO2. The zero-order valence-electron chi connectivity index (χ0n) is 20.6. The van der Waals surface area contributed by atoms with Crippen LogP contribution in [0.2, 0.25) is 0 Å². The number of carboxylic acid groups (broad SMARTS) is 1. The van der Waals surface area contributed by atoms with Crippen LogP contribution in [-0.4, -0.2) is 16.0 Å². The van der Waals surface area contributed by atoms with E-state index >= 15 is 0 Å². The van der Waals surface area contributed by atoms with Crippen molar-refractivity contribution in [3.05, 3.63) is 118 Å². The van der Waals surface area contributed by atoms with Crippen molar-refractivity contribution in [1.82, 2.24) is 4.90 Å². The van der Waals surface area contributed by atoms with E-state index in [0.717, 1.165) is 41.9 Å². The summed E-state index contributed by atoms with van der Waals surface area (Å²) in [5, 5.41) is 9.70. The number of rotatable bonds is 6. The van der Waals surface area contributed by atoms with Gasteiger partial charge in [-0.25, -0.2) is 0 Å². The Hall–Kier alpha value is -3.69. The van der Waals surface area contributed by atoms with Crippen LogP contribution in [0.25, 0.3) is 22.3 Å². The molecule has 1 aliphatic rings. The van der Waals surface area contributed by atoms with E-state index in [9.17, 15) is 9.90 Å². The van der Waals surface area contributed by atoms with Crippen molar-refractivity contribution in [3.63, 3.8) is 0 Å². The molecule has 4 aromatic carbocycles. The van der Waals surface area contributed by atoms with E-state index in [4.69, 9.17) is 0 Å². The van der Waals surface area contributed by atoms with Crippen molar-refractivity contribution in [2.45, 2.75) is 46.8 Å². The average Bonchev–Trinajstić information content (AvgIpc) is 3.28. The minimum atomic E-state index is -0.784. The second-order valence-electron chi connectivity index (χ2n) is 9.71. The lowest BCUT2D eigenvalue weighted by Crippen LogP contribution is -2.15.